The number of anilines is 1. The van der Waals surface area contributed by atoms with E-state index in [1.165, 1.54) is 12.1 Å². The van der Waals surface area contributed by atoms with Crippen LogP contribution >= 0.6 is 24.0 Å². The minimum atomic E-state index is -0.187. The predicted octanol–water partition coefficient (Wildman–Crippen LogP) is 2.25. The Kier molecular flexibility index (Phi) is 9.73. The molecule has 6 nitrogen and oxygen atoms in total. The molecule has 1 atom stereocenters. The maximum Gasteiger partial charge on any atom is 0.194 e. The van der Waals surface area contributed by atoms with Crippen molar-refractivity contribution in [2.45, 2.75) is 19.9 Å². The van der Waals surface area contributed by atoms with Gasteiger partial charge in [-0.3, -0.25) is 9.89 Å². The maximum atomic E-state index is 13.1. The fourth-order valence-electron chi connectivity index (χ4n) is 3.61. The molecule has 0 bridgehead atoms. The van der Waals surface area contributed by atoms with Gasteiger partial charge >= 0.3 is 0 Å². The first-order chi connectivity index (χ1) is 13.2. The first-order valence-corrected chi connectivity index (χ1v) is 10.0. The Morgan fingerprint density at radius 2 is 1.75 bits per heavy atom. The molecule has 2 heterocycles. The van der Waals surface area contributed by atoms with Crippen LogP contribution in [-0.4, -0.2) is 87.4 Å². The molecule has 1 unspecified atom stereocenters. The molecule has 3 rings (SSSR count). The lowest BCUT2D eigenvalue weighted by Gasteiger charge is -2.38. The normalized spacial score (nSPS) is 19.9. The van der Waals surface area contributed by atoms with Gasteiger partial charge < -0.3 is 19.9 Å². The lowest BCUT2D eigenvalue weighted by atomic mass is 10.2. The van der Waals surface area contributed by atoms with Gasteiger partial charge in [-0.15, -0.1) is 24.0 Å². The number of benzene rings is 1. The number of halogens is 2. The molecule has 8 heteroatoms. The molecule has 1 aromatic rings. The third-order valence-corrected chi connectivity index (χ3v) is 5.28. The number of nitrogens with one attached hydrogen (secondary N) is 1. The summed E-state index contributed by atoms with van der Waals surface area (Å²) >= 11 is 0. The lowest BCUT2D eigenvalue weighted by Crippen LogP contribution is -2.53. The van der Waals surface area contributed by atoms with Gasteiger partial charge in [-0.25, -0.2) is 4.39 Å². The summed E-state index contributed by atoms with van der Waals surface area (Å²) in [6.07, 6.45) is 0. The number of aliphatic imine (C=N–C) groups is 1. The van der Waals surface area contributed by atoms with Crippen molar-refractivity contribution in [2.24, 2.45) is 4.99 Å². The Morgan fingerprint density at radius 1 is 1.11 bits per heavy atom. The molecule has 0 aromatic heterocycles. The number of rotatable bonds is 5. The number of ether oxygens (including phenoxy) is 1. The molecule has 28 heavy (non-hydrogen) atoms. The van der Waals surface area contributed by atoms with Crippen molar-refractivity contribution < 1.29 is 9.13 Å². The molecule has 0 spiro atoms. The average Bonchev–Trinajstić information content (AvgIpc) is 2.72. The fourth-order valence-corrected chi connectivity index (χ4v) is 3.61. The Balaban J connectivity index is 0.00000280. The zero-order valence-corrected chi connectivity index (χ0v) is 19.3. The summed E-state index contributed by atoms with van der Waals surface area (Å²) < 4.78 is 18.6. The van der Waals surface area contributed by atoms with Gasteiger partial charge in [0.05, 0.1) is 19.8 Å². The van der Waals surface area contributed by atoms with Crippen LogP contribution in [0, 0.1) is 5.82 Å². The van der Waals surface area contributed by atoms with Gasteiger partial charge in [-0.05, 0) is 38.1 Å². The minimum absolute atomic E-state index is 0. The molecule has 1 N–H and O–H groups in total. The Bertz CT molecular complexity index is 601. The van der Waals surface area contributed by atoms with Gasteiger partial charge in [0.25, 0.3) is 0 Å². The molecule has 2 aliphatic rings. The second kappa shape index (κ2) is 11.8. The standard InChI is InChI=1S/C20H32FN5O.HI/c1-3-22-20(23-16-17(2)24-12-14-27-15-13-24)26-10-8-25(9-11-26)19-6-4-18(21)5-7-19;/h4-7,17H,3,8-16H2,1-2H3,(H,22,23);1H. The molecular weight excluding hydrogens is 472 g/mol. The van der Waals surface area contributed by atoms with E-state index in [1.54, 1.807) is 0 Å². The van der Waals surface area contributed by atoms with Gasteiger partial charge in [0, 0.05) is 57.5 Å². The molecule has 0 radical (unpaired) electrons. The van der Waals surface area contributed by atoms with Gasteiger partial charge in [0.15, 0.2) is 5.96 Å². The van der Waals surface area contributed by atoms with E-state index >= 15 is 0 Å². The fraction of sp³-hybridized carbons (Fsp3) is 0.650. The van der Waals surface area contributed by atoms with Crippen molar-refractivity contribution in [1.29, 1.82) is 0 Å². The van der Waals surface area contributed by atoms with Crippen LogP contribution in [0.1, 0.15) is 13.8 Å². The molecule has 0 amide bonds. The van der Waals surface area contributed by atoms with Gasteiger partial charge in [0.2, 0.25) is 0 Å². The van der Waals surface area contributed by atoms with Crippen molar-refractivity contribution in [3.8, 4) is 0 Å². The molecule has 0 aliphatic carbocycles. The van der Waals surface area contributed by atoms with Crippen LogP contribution in [0.5, 0.6) is 0 Å². The molecular formula is C20H33FIN5O. The highest BCUT2D eigenvalue weighted by Gasteiger charge is 2.21. The summed E-state index contributed by atoms with van der Waals surface area (Å²) in [4.78, 5) is 12.0. The number of morpholine rings is 1. The highest BCUT2D eigenvalue weighted by molar-refractivity contribution is 14.0. The van der Waals surface area contributed by atoms with Crippen LogP contribution in [0.3, 0.4) is 0 Å². The summed E-state index contributed by atoms with van der Waals surface area (Å²) in [5.74, 6) is 0.810. The third kappa shape index (κ3) is 6.45. The highest BCUT2D eigenvalue weighted by atomic mass is 127. The van der Waals surface area contributed by atoms with E-state index in [0.717, 1.165) is 77.2 Å². The van der Waals surface area contributed by atoms with E-state index in [2.05, 4.69) is 33.9 Å². The quantitative estimate of drug-likeness (QED) is 0.378. The third-order valence-electron chi connectivity index (χ3n) is 5.28. The Hall–Kier alpha value is -1.13. The largest absolute Gasteiger partial charge is 0.379 e. The second-order valence-corrected chi connectivity index (χ2v) is 7.14. The van der Waals surface area contributed by atoms with E-state index < -0.39 is 0 Å². The Labute approximate surface area is 185 Å². The number of hydrogen-bond acceptors (Lipinski definition) is 4. The first kappa shape index (κ1) is 23.2. The molecule has 2 fully saturated rings. The van der Waals surface area contributed by atoms with Crippen LogP contribution in [0.15, 0.2) is 29.3 Å². The van der Waals surface area contributed by atoms with Gasteiger partial charge in [0.1, 0.15) is 5.82 Å². The van der Waals surface area contributed by atoms with Gasteiger partial charge in [-0.1, -0.05) is 0 Å². The van der Waals surface area contributed by atoms with Crippen molar-refractivity contribution in [2.75, 3.05) is 70.5 Å². The monoisotopic (exact) mass is 505 g/mol. The molecule has 158 valence electrons. The van der Waals surface area contributed by atoms with E-state index in [9.17, 15) is 4.39 Å². The van der Waals surface area contributed by atoms with Crippen LogP contribution in [0.25, 0.3) is 0 Å². The SMILES string of the molecule is CCNC(=NCC(C)N1CCOCC1)N1CCN(c2ccc(F)cc2)CC1.I. The number of nitrogens with zero attached hydrogens (tertiary/aromatic N) is 4. The van der Waals surface area contributed by atoms with Crippen LogP contribution in [-0.2, 0) is 4.74 Å². The van der Waals surface area contributed by atoms with Crippen LogP contribution in [0.4, 0.5) is 10.1 Å². The van der Waals surface area contributed by atoms with Crippen molar-refractivity contribution >= 4 is 35.6 Å². The summed E-state index contributed by atoms with van der Waals surface area (Å²) in [7, 11) is 0. The maximum absolute atomic E-state index is 13.1. The molecule has 1 aromatic carbocycles. The average molecular weight is 505 g/mol. The number of hydrogen-bond donors (Lipinski definition) is 1. The smallest absolute Gasteiger partial charge is 0.194 e. The number of piperazine rings is 1. The molecule has 2 aliphatic heterocycles. The summed E-state index contributed by atoms with van der Waals surface area (Å²) in [6, 6.07) is 7.19. The summed E-state index contributed by atoms with van der Waals surface area (Å²) in [6.45, 7) is 13.3. The van der Waals surface area contributed by atoms with Gasteiger partial charge in [-0.2, -0.15) is 0 Å². The summed E-state index contributed by atoms with van der Waals surface area (Å²) in [5.41, 5.74) is 1.08. The van der Waals surface area contributed by atoms with Crippen molar-refractivity contribution in [1.82, 2.24) is 15.1 Å². The topological polar surface area (TPSA) is 43.3 Å². The van der Waals surface area contributed by atoms with Crippen LogP contribution < -0.4 is 10.2 Å². The van der Waals surface area contributed by atoms with Crippen molar-refractivity contribution in [3.63, 3.8) is 0 Å². The van der Waals surface area contributed by atoms with Crippen LogP contribution in [0.2, 0.25) is 0 Å². The molecule has 0 saturated carbocycles. The van der Waals surface area contributed by atoms with E-state index in [1.807, 2.05) is 12.1 Å². The predicted molar refractivity (Wildman–Crippen MR) is 123 cm³/mol. The zero-order chi connectivity index (χ0) is 19.1. The zero-order valence-electron chi connectivity index (χ0n) is 16.9. The van der Waals surface area contributed by atoms with Crippen molar-refractivity contribution in [3.05, 3.63) is 30.1 Å². The highest BCUT2D eigenvalue weighted by Crippen LogP contribution is 2.17. The lowest BCUT2D eigenvalue weighted by molar-refractivity contribution is 0.0220. The minimum Gasteiger partial charge on any atom is -0.379 e. The number of guanidine groups is 1. The van der Waals surface area contributed by atoms with E-state index in [-0.39, 0.29) is 29.8 Å². The van der Waals surface area contributed by atoms with E-state index in [0.29, 0.717) is 6.04 Å². The first-order valence-electron chi connectivity index (χ1n) is 10.0. The second-order valence-electron chi connectivity index (χ2n) is 7.14. The Morgan fingerprint density at radius 3 is 2.36 bits per heavy atom. The van der Waals surface area contributed by atoms with E-state index in [4.69, 9.17) is 9.73 Å². The summed E-state index contributed by atoms with van der Waals surface area (Å²) in [5, 5.41) is 3.44. The molecule has 2 saturated heterocycles.